The van der Waals surface area contributed by atoms with Crippen molar-refractivity contribution in [3.63, 3.8) is 0 Å². The number of fused-ring (bicyclic) bond motifs is 1. The highest BCUT2D eigenvalue weighted by Gasteiger charge is 2.29. The molecule has 0 N–H and O–H groups in total. The largest absolute Gasteiger partial charge is 0.352 e. The molecule has 2 fully saturated rings. The van der Waals surface area contributed by atoms with E-state index in [9.17, 15) is 0 Å². The molecule has 5 heteroatoms. The van der Waals surface area contributed by atoms with Gasteiger partial charge >= 0.3 is 0 Å². The SMILES string of the molecule is Clc1ccc(N2CCN3CCCCC3C2)nn1. The van der Waals surface area contributed by atoms with Crippen LogP contribution in [0, 0.1) is 0 Å². The fourth-order valence-corrected chi connectivity index (χ4v) is 2.94. The molecule has 0 aromatic carbocycles. The zero-order valence-electron chi connectivity index (χ0n) is 9.85. The van der Waals surface area contributed by atoms with Crippen LogP contribution in [0.1, 0.15) is 19.3 Å². The molecule has 4 nitrogen and oxygen atoms in total. The minimum Gasteiger partial charge on any atom is -0.352 e. The van der Waals surface area contributed by atoms with Crippen molar-refractivity contribution in [3.05, 3.63) is 17.3 Å². The van der Waals surface area contributed by atoms with Gasteiger partial charge in [0.15, 0.2) is 11.0 Å². The lowest BCUT2D eigenvalue weighted by Gasteiger charge is -2.44. The van der Waals surface area contributed by atoms with Crippen LogP contribution in [-0.4, -0.2) is 47.3 Å². The van der Waals surface area contributed by atoms with E-state index in [0.29, 0.717) is 11.2 Å². The first kappa shape index (κ1) is 11.2. The summed E-state index contributed by atoms with van der Waals surface area (Å²) in [5.41, 5.74) is 0. The van der Waals surface area contributed by atoms with Crippen molar-refractivity contribution in [1.82, 2.24) is 15.1 Å². The third kappa shape index (κ3) is 2.38. The van der Waals surface area contributed by atoms with Crippen LogP contribution in [0.4, 0.5) is 5.82 Å². The average Bonchev–Trinajstić information content (AvgIpc) is 2.39. The van der Waals surface area contributed by atoms with Gasteiger partial charge in [-0.15, -0.1) is 10.2 Å². The summed E-state index contributed by atoms with van der Waals surface area (Å²) in [6.45, 7) is 4.54. The highest BCUT2D eigenvalue weighted by Crippen LogP contribution is 2.23. The van der Waals surface area contributed by atoms with Crippen LogP contribution < -0.4 is 4.90 Å². The molecule has 0 spiro atoms. The lowest BCUT2D eigenvalue weighted by Crippen LogP contribution is -2.55. The van der Waals surface area contributed by atoms with Gasteiger partial charge in [0.25, 0.3) is 0 Å². The predicted octanol–water partition coefficient (Wildman–Crippen LogP) is 1.80. The van der Waals surface area contributed by atoms with Crippen LogP contribution in [0.3, 0.4) is 0 Å². The summed E-state index contributed by atoms with van der Waals surface area (Å²) >= 11 is 5.76. The molecule has 0 saturated carbocycles. The smallest absolute Gasteiger partial charge is 0.151 e. The summed E-state index contributed by atoms with van der Waals surface area (Å²) in [4.78, 5) is 4.94. The van der Waals surface area contributed by atoms with Gasteiger partial charge in [0.1, 0.15) is 0 Å². The molecular weight excluding hydrogens is 236 g/mol. The number of anilines is 1. The second kappa shape index (κ2) is 4.78. The number of hydrogen-bond donors (Lipinski definition) is 0. The Hall–Kier alpha value is -0.870. The quantitative estimate of drug-likeness (QED) is 0.763. The molecule has 0 radical (unpaired) electrons. The Kier molecular flexibility index (Phi) is 3.16. The van der Waals surface area contributed by atoms with Gasteiger partial charge in [-0.25, -0.2) is 0 Å². The van der Waals surface area contributed by atoms with Gasteiger partial charge in [-0.2, -0.15) is 0 Å². The number of nitrogens with zero attached hydrogens (tertiary/aromatic N) is 4. The Morgan fingerprint density at radius 3 is 2.88 bits per heavy atom. The minimum absolute atomic E-state index is 0.463. The summed E-state index contributed by atoms with van der Waals surface area (Å²) in [6.07, 6.45) is 4.04. The molecule has 1 atom stereocenters. The molecule has 3 rings (SSSR count). The summed E-state index contributed by atoms with van der Waals surface area (Å²) < 4.78 is 0. The lowest BCUT2D eigenvalue weighted by molar-refractivity contribution is 0.133. The van der Waals surface area contributed by atoms with E-state index in [-0.39, 0.29) is 0 Å². The fraction of sp³-hybridized carbons (Fsp3) is 0.667. The second-order valence-electron chi connectivity index (χ2n) is 4.85. The fourth-order valence-electron chi connectivity index (χ4n) is 2.84. The number of halogens is 1. The van der Waals surface area contributed by atoms with Crippen molar-refractivity contribution in [2.75, 3.05) is 31.1 Å². The second-order valence-corrected chi connectivity index (χ2v) is 5.23. The molecule has 3 heterocycles. The third-order valence-electron chi connectivity index (χ3n) is 3.78. The predicted molar refractivity (Wildman–Crippen MR) is 68.5 cm³/mol. The van der Waals surface area contributed by atoms with Crippen LogP contribution >= 0.6 is 11.6 Å². The highest BCUT2D eigenvalue weighted by molar-refractivity contribution is 6.29. The minimum atomic E-state index is 0.463. The topological polar surface area (TPSA) is 32.3 Å². The Balaban J connectivity index is 1.71. The Bertz CT molecular complexity index is 381. The van der Waals surface area contributed by atoms with Gasteiger partial charge in [-0.3, -0.25) is 4.90 Å². The summed E-state index contributed by atoms with van der Waals surface area (Å²) in [6, 6.07) is 4.49. The molecule has 17 heavy (non-hydrogen) atoms. The molecule has 0 aliphatic carbocycles. The Morgan fingerprint density at radius 1 is 1.12 bits per heavy atom. The Labute approximate surface area is 107 Å². The molecule has 1 unspecified atom stereocenters. The molecule has 0 bridgehead atoms. The van der Waals surface area contributed by atoms with Gasteiger partial charge in [0.05, 0.1) is 0 Å². The summed E-state index contributed by atoms with van der Waals surface area (Å²) in [7, 11) is 0. The van der Waals surface area contributed by atoms with Gasteiger partial charge in [-0.1, -0.05) is 18.0 Å². The van der Waals surface area contributed by atoms with Crippen molar-refractivity contribution < 1.29 is 0 Å². The first-order valence-corrected chi connectivity index (χ1v) is 6.69. The summed E-state index contributed by atoms with van der Waals surface area (Å²) in [5, 5.41) is 8.55. The third-order valence-corrected chi connectivity index (χ3v) is 3.98. The van der Waals surface area contributed by atoms with Crippen LogP contribution in [0.5, 0.6) is 0 Å². The zero-order chi connectivity index (χ0) is 11.7. The van der Waals surface area contributed by atoms with E-state index in [1.807, 2.05) is 12.1 Å². The van der Waals surface area contributed by atoms with Gasteiger partial charge in [0.2, 0.25) is 0 Å². The van der Waals surface area contributed by atoms with Gasteiger partial charge in [0, 0.05) is 25.7 Å². The van der Waals surface area contributed by atoms with Crippen LogP contribution in [-0.2, 0) is 0 Å². The van der Waals surface area contributed by atoms with E-state index in [2.05, 4.69) is 20.0 Å². The number of piperidine rings is 1. The van der Waals surface area contributed by atoms with Crippen molar-refractivity contribution in [2.45, 2.75) is 25.3 Å². The maximum atomic E-state index is 5.76. The molecule has 2 aliphatic rings. The number of hydrogen-bond acceptors (Lipinski definition) is 4. The van der Waals surface area contributed by atoms with Crippen molar-refractivity contribution in [1.29, 1.82) is 0 Å². The maximum Gasteiger partial charge on any atom is 0.151 e. The van der Waals surface area contributed by atoms with Crippen LogP contribution in [0.25, 0.3) is 0 Å². The van der Waals surface area contributed by atoms with Gasteiger partial charge in [-0.05, 0) is 31.5 Å². The zero-order valence-corrected chi connectivity index (χ0v) is 10.6. The normalized spacial score (nSPS) is 25.7. The Morgan fingerprint density at radius 2 is 2.06 bits per heavy atom. The van der Waals surface area contributed by atoms with E-state index < -0.39 is 0 Å². The maximum absolute atomic E-state index is 5.76. The number of rotatable bonds is 1. The number of aromatic nitrogens is 2. The van der Waals surface area contributed by atoms with E-state index >= 15 is 0 Å². The summed E-state index contributed by atoms with van der Waals surface area (Å²) in [5.74, 6) is 0.958. The first-order chi connectivity index (χ1) is 8.33. The molecule has 2 saturated heterocycles. The van der Waals surface area contributed by atoms with E-state index in [0.717, 1.165) is 25.5 Å². The van der Waals surface area contributed by atoms with Crippen LogP contribution in [0.15, 0.2) is 12.1 Å². The molecule has 2 aliphatic heterocycles. The first-order valence-electron chi connectivity index (χ1n) is 6.31. The number of piperazine rings is 1. The average molecular weight is 253 g/mol. The molecule has 1 aromatic heterocycles. The monoisotopic (exact) mass is 252 g/mol. The lowest BCUT2D eigenvalue weighted by atomic mass is 9.99. The van der Waals surface area contributed by atoms with E-state index in [1.54, 1.807) is 0 Å². The van der Waals surface area contributed by atoms with Gasteiger partial charge < -0.3 is 4.90 Å². The molecule has 0 amide bonds. The standard InChI is InChI=1S/C12H17ClN4/c13-11-4-5-12(15-14-11)17-8-7-16-6-2-1-3-10(16)9-17/h4-5,10H,1-3,6-9H2. The van der Waals surface area contributed by atoms with E-state index in [4.69, 9.17) is 11.6 Å². The van der Waals surface area contributed by atoms with E-state index in [1.165, 1.54) is 25.8 Å². The van der Waals surface area contributed by atoms with Crippen molar-refractivity contribution >= 4 is 17.4 Å². The molecule has 92 valence electrons. The highest BCUT2D eigenvalue weighted by atomic mass is 35.5. The molecule has 1 aromatic rings. The molecular formula is C12H17ClN4. The van der Waals surface area contributed by atoms with Crippen molar-refractivity contribution in [2.24, 2.45) is 0 Å². The van der Waals surface area contributed by atoms with Crippen LogP contribution in [0.2, 0.25) is 5.15 Å². The van der Waals surface area contributed by atoms with Crippen molar-refractivity contribution in [3.8, 4) is 0 Å².